The van der Waals surface area contributed by atoms with Crippen molar-refractivity contribution in [2.45, 2.75) is 18.7 Å². The number of non-ortho nitro benzene ring substituents is 1. The first kappa shape index (κ1) is 14.9. The minimum atomic E-state index is -3.18. The van der Waals surface area contributed by atoms with Gasteiger partial charge in [-0.25, -0.2) is 8.42 Å². The molecule has 1 aliphatic rings. The molecule has 1 aromatic rings. The number of aliphatic hydroxyl groups excluding tert-OH is 1. The standard InChI is InChI=1S/C12H16N2O5S/c1-13(11-7-20(18,19)8-12(11)15)6-9-2-4-10(5-3-9)14(16)17/h2-5,11-12,15H,6-8H2,1H3/t11-,12-/m1/s1. The van der Waals surface area contributed by atoms with E-state index in [1.807, 2.05) is 0 Å². The largest absolute Gasteiger partial charge is 0.390 e. The summed E-state index contributed by atoms with van der Waals surface area (Å²) in [6, 6.07) is 5.64. The van der Waals surface area contributed by atoms with E-state index >= 15 is 0 Å². The molecule has 0 amide bonds. The molecule has 1 aliphatic heterocycles. The van der Waals surface area contributed by atoms with Crippen molar-refractivity contribution < 1.29 is 18.4 Å². The molecule has 110 valence electrons. The number of likely N-dealkylation sites (N-methyl/N-ethyl adjacent to an activating group) is 1. The molecule has 0 spiro atoms. The van der Waals surface area contributed by atoms with E-state index < -0.39 is 26.9 Å². The summed E-state index contributed by atoms with van der Waals surface area (Å²) in [6.45, 7) is 0.426. The summed E-state index contributed by atoms with van der Waals surface area (Å²) in [5, 5.41) is 20.3. The Morgan fingerprint density at radius 2 is 1.95 bits per heavy atom. The molecule has 0 aromatic heterocycles. The van der Waals surface area contributed by atoms with Gasteiger partial charge in [-0.1, -0.05) is 12.1 Å². The van der Waals surface area contributed by atoms with Crippen molar-refractivity contribution in [3.8, 4) is 0 Å². The van der Waals surface area contributed by atoms with Gasteiger partial charge in [0, 0.05) is 18.7 Å². The molecular formula is C12H16N2O5S. The van der Waals surface area contributed by atoms with Crippen LogP contribution < -0.4 is 0 Å². The Morgan fingerprint density at radius 1 is 1.35 bits per heavy atom. The highest BCUT2D eigenvalue weighted by atomic mass is 32.2. The summed E-state index contributed by atoms with van der Waals surface area (Å²) in [4.78, 5) is 11.8. The summed E-state index contributed by atoms with van der Waals surface area (Å²) >= 11 is 0. The molecule has 8 heteroatoms. The molecule has 1 fully saturated rings. The Morgan fingerprint density at radius 3 is 2.40 bits per heavy atom. The van der Waals surface area contributed by atoms with Gasteiger partial charge in [-0.2, -0.15) is 0 Å². The van der Waals surface area contributed by atoms with Crippen LogP contribution in [0, 0.1) is 10.1 Å². The van der Waals surface area contributed by atoms with Gasteiger partial charge in [-0.3, -0.25) is 15.0 Å². The van der Waals surface area contributed by atoms with E-state index in [1.165, 1.54) is 12.1 Å². The molecule has 1 heterocycles. The van der Waals surface area contributed by atoms with Crippen molar-refractivity contribution >= 4 is 15.5 Å². The van der Waals surface area contributed by atoms with Gasteiger partial charge in [0.1, 0.15) is 0 Å². The summed E-state index contributed by atoms with van der Waals surface area (Å²) < 4.78 is 22.9. The van der Waals surface area contributed by atoms with Gasteiger partial charge in [-0.05, 0) is 12.6 Å². The summed E-state index contributed by atoms with van der Waals surface area (Å²) in [6.07, 6.45) is -0.886. The van der Waals surface area contributed by atoms with Crippen LogP contribution in [0.15, 0.2) is 24.3 Å². The van der Waals surface area contributed by atoms with Crippen LogP contribution in [0.3, 0.4) is 0 Å². The average molecular weight is 300 g/mol. The Hall–Kier alpha value is -1.51. The van der Waals surface area contributed by atoms with Crippen LogP contribution in [0.2, 0.25) is 0 Å². The van der Waals surface area contributed by atoms with Gasteiger partial charge in [0.25, 0.3) is 5.69 Å². The first-order valence-corrected chi connectivity index (χ1v) is 7.93. The molecule has 1 aromatic carbocycles. The lowest BCUT2D eigenvalue weighted by molar-refractivity contribution is -0.384. The maximum atomic E-state index is 11.5. The van der Waals surface area contributed by atoms with Crippen molar-refractivity contribution in [2.75, 3.05) is 18.6 Å². The highest BCUT2D eigenvalue weighted by Crippen LogP contribution is 2.20. The first-order valence-electron chi connectivity index (χ1n) is 6.10. The van der Waals surface area contributed by atoms with Crippen molar-refractivity contribution in [1.82, 2.24) is 4.90 Å². The highest BCUT2D eigenvalue weighted by molar-refractivity contribution is 7.91. The van der Waals surface area contributed by atoms with E-state index in [-0.39, 0.29) is 17.2 Å². The second-order valence-corrected chi connectivity index (χ2v) is 7.20. The van der Waals surface area contributed by atoms with E-state index in [0.29, 0.717) is 6.54 Å². The molecule has 0 unspecified atom stereocenters. The average Bonchev–Trinajstić information content (AvgIpc) is 2.63. The topological polar surface area (TPSA) is 101 Å². The van der Waals surface area contributed by atoms with Crippen molar-refractivity contribution in [2.24, 2.45) is 0 Å². The number of nitrogens with zero attached hydrogens (tertiary/aromatic N) is 2. The fraction of sp³-hybridized carbons (Fsp3) is 0.500. The number of aliphatic hydroxyl groups is 1. The fourth-order valence-electron chi connectivity index (χ4n) is 2.36. The van der Waals surface area contributed by atoms with E-state index in [2.05, 4.69) is 0 Å². The Labute approximate surface area is 116 Å². The van der Waals surface area contributed by atoms with Gasteiger partial charge < -0.3 is 5.11 Å². The number of hydrogen-bond donors (Lipinski definition) is 1. The number of benzene rings is 1. The van der Waals surface area contributed by atoms with Crippen LogP contribution in [-0.2, 0) is 16.4 Å². The molecule has 0 saturated carbocycles. The maximum Gasteiger partial charge on any atom is 0.269 e. The molecule has 20 heavy (non-hydrogen) atoms. The molecule has 2 atom stereocenters. The number of rotatable bonds is 4. The molecule has 0 radical (unpaired) electrons. The van der Waals surface area contributed by atoms with E-state index in [4.69, 9.17) is 0 Å². The molecular weight excluding hydrogens is 284 g/mol. The zero-order chi connectivity index (χ0) is 14.9. The van der Waals surface area contributed by atoms with Gasteiger partial charge in [-0.15, -0.1) is 0 Å². The Balaban J connectivity index is 2.04. The fourth-order valence-corrected chi connectivity index (χ4v) is 4.24. The minimum absolute atomic E-state index is 0.0138. The molecule has 0 aliphatic carbocycles. The van der Waals surface area contributed by atoms with Crippen LogP contribution in [0.1, 0.15) is 5.56 Å². The predicted octanol–water partition coefficient (Wildman–Crippen LogP) is 0.185. The van der Waals surface area contributed by atoms with Crippen LogP contribution >= 0.6 is 0 Å². The first-order chi connectivity index (χ1) is 9.28. The Kier molecular flexibility index (Phi) is 4.07. The zero-order valence-corrected chi connectivity index (χ0v) is 11.8. The quantitative estimate of drug-likeness (QED) is 0.629. The lowest BCUT2D eigenvalue weighted by Gasteiger charge is -2.25. The zero-order valence-electron chi connectivity index (χ0n) is 11.0. The van der Waals surface area contributed by atoms with E-state index in [9.17, 15) is 23.6 Å². The molecule has 0 bridgehead atoms. The third-order valence-corrected chi connectivity index (χ3v) is 5.14. The summed E-state index contributed by atoms with van der Waals surface area (Å²) in [5.74, 6) is -0.264. The van der Waals surface area contributed by atoms with E-state index in [1.54, 1.807) is 24.1 Å². The number of nitro groups is 1. The number of sulfone groups is 1. The third kappa shape index (κ3) is 3.33. The summed E-state index contributed by atoms with van der Waals surface area (Å²) in [7, 11) is -1.45. The number of nitro benzene ring substituents is 1. The highest BCUT2D eigenvalue weighted by Gasteiger charge is 2.38. The molecule has 7 nitrogen and oxygen atoms in total. The van der Waals surface area contributed by atoms with Gasteiger partial charge in [0.05, 0.1) is 28.6 Å². The molecule has 2 rings (SSSR count). The molecule has 1 saturated heterocycles. The van der Waals surface area contributed by atoms with Crippen molar-refractivity contribution in [3.63, 3.8) is 0 Å². The molecule has 1 N–H and O–H groups in total. The third-order valence-electron chi connectivity index (χ3n) is 3.44. The van der Waals surface area contributed by atoms with Gasteiger partial charge >= 0.3 is 0 Å². The second kappa shape index (κ2) is 5.47. The lowest BCUT2D eigenvalue weighted by atomic mass is 10.1. The predicted molar refractivity (Wildman–Crippen MR) is 73.0 cm³/mol. The van der Waals surface area contributed by atoms with Gasteiger partial charge in [0.2, 0.25) is 0 Å². The van der Waals surface area contributed by atoms with E-state index in [0.717, 1.165) is 5.56 Å². The minimum Gasteiger partial charge on any atom is -0.390 e. The Bertz CT molecular complexity index is 599. The van der Waals surface area contributed by atoms with Crippen molar-refractivity contribution in [3.05, 3.63) is 39.9 Å². The van der Waals surface area contributed by atoms with Crippen molar-refractivity contribution in [1.29, 1.82) is 0 Å². The SMILES string of the molecule is CN(Cc1ccc([N+](=O)[O-])cc1)[C@@H]1CS(=O)(=O)C[C@H]1O. The monoisotopic (exact) mass is 300 g/mol. The lowest BCUT2D eigenvalue weighted by Crippen LogP contribution is -2.40. The number of hydrogen-bond acceptors (Lipinski definition) is 6. The maximum absolute atomic E-state index is 11.5. The normalized spacial score (nSPS) is 24.9. The van der Waals surface area contributed by atoms with Crippen LogP contribution in [0.4, 0.5) is 5.69 Å². The summed E-state index contributed by atoms with van der Waals surface area (Å²) in [5.41, 5.74) is 0.842. The van der Waals surface area contributed by atoms with Crippen LogP contribution in [0.5, 0.6) is 0 Å². The van der Waals surface area contributed by atoms with Crippen LogP contribution in [-0.4, -0.2) is 54.0 Å². The smallest absolute Gasteiger partial charge is 0.269 e. The van der Waals surface area contributed by atoms with Crippen LogP contribution in [0.25, 0.3) is 0 Å². The second-order valence-electron chi connectivity index (χ2n) is 5.05. The van der Waals surface area contributed by atoms with Gasteiger partial charge in [0.15, 0.2) is 9.84 Å².